The van der Waals surface area contributed by atoms with Gasteiger partial charge >= 0.3 is 5.66 Å². The maximum absolute atomic E-state index is 10.9. The molecule has 5 heterocycles. The van der Waals surface area contributed by atoms with E-state index in [1.54, 1.807) is 0 Å². The van der Waals surface area contributed by atoms with Crippen LogP contribution < -0.4 is 13.7 Å². The lowest BCUT2D eigenvalue weighted by Gasteiger charge is -2.27. The highest BCUT2D eigenvalue weighted by atomic mass is 15.4. The number of nitrogens with zero attached hydrogens (tertiary/aromatic N) is 9. The van der Waals surface area contributed by atoms with Crippen LogP contribution >= 0.6 is 0 Å². The third kappa shape index (κ3) is 8.43. The van der Waals surface area contributed by atoms with Crippen molar-refractivity contribution in [1.82, 2.24) is 13.7 Å². The second kappa shape index (κ2) is 20.3. The molecule has 0 saturated carbocycles. The Bertz CT molecular complexity index is 3940. The molecule has 0 N–H and O–H groups in total. The molecular formula is C70H72N9+3. The molecule has 2 aliphatic heterocycles. The van der Waals surface area contributed by atoms with Crippen molar-refractivity contribution in [2.45, 2.75) is 144 Å². The number of hydrogen-bond donors (Lipinski definition) is 0. The Balaban J connectivity index is 1.38. The topological polar surface area (TPSA) is 97.8 Å². The first-order valence-electron chi connectivity index (χ1n) is 28.4. The van der Waals surface area contributed by atoms with Crippen molar-refractivity contribution in [1.29, 1.82) is 15.8 Å². The Morgan fingerprint density at radius 1 is 0.405 bits per heavy atom. The molecule has 9 aromatic rings. The molecular weight excluding hydrogens is 967 g/mol. The van der Waals surface area contributed by atoms with Gasteiger partial charge in [-0.05, 0) is 102 Å². The second-order valence-corrected chi connectivity index (χ2v) is 23.8. The van der Waals surface area contributed by atoms with Gasteiger partial charge < -0.3 is 0 Å². The highest BCUT2D eigenvalue weighted by molar-refractivity contribution is 5.71. The van der Waals surface area contributed by atoms with Crippen LogP contribution in [-0.4, -0.2) is 13.7 Å². The fraction of sp³-hybridized carbons (Fsp3) is 0.314. The molecule has 0 radical (unpaired) electrons. The number of aromatic nitrogens is 6. The van der Waals surface area contributed by atoms with E-state index >= 15 is 0 Å². The van der Waals surface area contributed by atoms with Crippen LogP contribution in [-0.2, 0) is 25.0 Å². The molecule has 394 valence electrons. The molecule has 11 rings (SSSR count). The molecule has 0 fully saturated rings. The smallest absolute Gasteiger partial charge is 0.220 e. The number of para-hydroxylation sites is 3. The average molecular weight is 1040 g/mol. The van der Waals surface area contributed by atoms with E-state index in [-0.39, 0.29) is 35.5 Å². The van der Waals surface area contributed by atoms with Crippen LogP contribution in [0.4, 0.5) is 0 Å². The van der Waals surface area contributed by atoms with Gasteiger partial charge in [-0.3, -0.25) is 0 Å². The van der Waals surface area contributed by atoms with Crippen molar-refractivity contribution in [3.8, 4) is 69.4 Å². The molecule has 3 aromatic heterocycles. The first-order valence-corrected chi connectivity index (χ1v) is 28.4. The Morgan fingerprint density at radius 3 is 1.11 bits per heavy atom. The quantitative estimate of drug-likeness (QED) is 0.135. The minimum atomic E-state index is -1.09. The van der Waals surface area contributed by atoms with E-state index in [4.69, 9.17) is 0 Å². The number of benzene rings is 6. The van der Waals surface area contributed by atoms with Crippen LogP contribution in [0.1, 0.15) is 185 Å². The van der Waals surface area contributed by atoms with Gasteiger partial charge in [-0.15, -0.1) is 0 Å². The Kier molecular flexibility index (Phi) is 13.5. The van der Waals surface area contributed by atoms with E-state index in [1.807, 2.05) is 18.2 Å². The number of imidazole rings is 3. The lowest BCUT2D eigenvalue weighted by Crippen LogP contribution is -2.77. The van der Waals surface area contributed by atoms with Crippen LogP contribution in [0.5, 0.6) is 0 Å². The van der Waals surface area contributed by atoms with Gasteiger partial charge in [-0.2, -0.15) is 38.6 Å². The zero-order valence-corrected chi connectivity index (χ0v) is 48.0. The van der Waals surface area contributed by atoms with Gasteiger partial charge in [0.05, 0.1) is 57.2 Å². The number of nitriles is 3. The lowest BCUT2D eigenvalue weighted by atomic mass is 9.90. The Hall–Kier alpha value is -8.58. The molecule has 0 saturated heterocycles. The maximum atomic E-state index is 10.9. The fourth-order valence-electron chi connectivity index (χ4n) is 13.1. The van der Waals surface area contributed by atoms with Gasteiger partial charge in [0.1, 0.15) is 54.2 Å². The number of rotatable bonds is 9. The average Bonchev–Trinajstić information content (AvgIpc) is 3.42. The molecule has 0 aliphatic carbocycles. The van der Waals surface area contributed by atoms with Crippen LogP contribution in [0.2, 0.25) is 0 Å². The molecule has 9 nitrogen and oxygen atoms in total. The molecule has 1 unspecified atom stereocenters. The molecule has 1 spiro atoms. The molecule has 6 aromatic carbocycles. The van der Waals surface area contributed by atoms with Gasteiger partial charge in [0, 0.05) is 33.4 Å². The molecule has 0 bridgehead atoms. The summed E-state index contributed by atoms with van der Waals surface area (Å²) in [5, 5.41) is 32.5. The summed E-state index contributed by atoms with van der Waals surface area (Å²) in [7, 11) is 0. The van der Waals surface area contributed by atoms with E-state index in [9.17, 15) is 15.8 Å². The maximum Gasteiger partial charge on any atom is 0.318 e. The number of fused-ring (bicyclic) bond motifs is 12. The van der Waals surface area contributed by atoms with Crippen molar-refractivity contribution in [2.75, 3.05) is 0 Å². The predicted molar refractivity (Wildman–Crippen MR) is 313 cm³/mol. The summed E-state index contributed by atoms with van der Waals surface area (Å²) in [4.78, 5) is 0. The SMILES string of the molecule is CC(C)c1cccc(C(C)C)c1-n1cc[n+]2c1-c1cc(C#N)ccc1CCc1ccc(C#N)cc1-c1n(-c3c(C(C)C)cccc3C(C)C)cc[n+]1C1(C2)c2ccc(C#N)cc2-c2n(-c3c(C(C)C)cccc3C(C)C)cc[n+]21. The van der Waals surface area contributed by atoms with Crippen molar-refractivity contribution < 1.29 is 13.7 Å². The standard InChI is InChI=1S/C70H72N9/c1-43(2)54-16-13-17-55(44(3)4)64(54)75-31-30-74-42-70(63-29-24-51(41-73)38-62(63)69-77(33-35-79(69)70)66-58(47(9)10)20-15-21-59(66)48(11)12)78-34-32-76(65-56(45(5)6)18-14-19-57(65)46(7)8)68(78)61-37-50(40-72)23-26-53(61)28-27-52-25-22-49(39-71)36-60(52)67(74)75/h13-26,29-38,43-48H,27-28,42H2,1-12H3/q+3. The highest BCUT2D eigenvalue weighted by Crippen LogP contribution is 2.45. The van der Waals surface area contributed by atoms with E-state index in [0.717, 1.165) is 67.9 Å². The van der Waals surface area contributed by atoms with E-state index in [0.29, 0.717) is 36.1 Å². The number of hydrogen-bond acceptors (Lipinski definition) is 3. The zero-order valence-electron chi connectivity index (χ0n) is 48.0. The molecule has 2 aliphatic rings. The van der Waals surface area contributed by atoms with Gasteiger partial charge in [0.2, 0.25) is 0 Å². The minimum absolute atomic E-state index is 0.196. The summed E-state index contributed by atoms with van der Waals surface area (Å²) in [5.41, 5.74) is 17.8. The summed E-state index contributed by atoms with van der Waals surface area (Å²) in [6, 6.07) is 46.6. The van der Waals surface area contributed by atoms with Crippen LogP contribution in [0.15, 0.2) is 146 Å². The van der Waals surface area contributed by atoms with Crippen molar-refractivity contribution in [3.63, 3.8) is 0 Å². The monoisotopic (exact) mass is 1040 g/mol. The van der Waals surface area contributed by atoms with E-state index in [1.165, 1.54) is 33.4 Å². The minimum Gasteiger partial charge on any atom is -0.220 e. The fourth-order valence-corrected chi connectivity index (χ4v) is 13.1. The van der Waals surface area contributed by atoms with Gasteiger partial charge in [0.15, 0.2) is 6.54 Å². The Labute approximate surface area is 467 Å². The van der Waals surface area contributed by atoms with Crippen molar-refractivity contribution in [2.24, 2.45) is 0 Å². The molecule has 79 heavy (non-hydrogen) atoms. The first kappa shape index (κ1) is 52.5. The summed E-state index contributed by atoms with van der Waals surface area (Å²) in [5.74, 6) is 4.16. The van der Waals surface area contributed by atoms with E-state index < -0.39 is 5.66 Å². The normalized spacial score (nSPS) is 14.6. The summed E-state index contributed by atoms with van der Waals surface area (Å²) < 4.78 is 14.7. The Morgan fingerprint density at radius 2 is 0.734 bits per heavy atom. The van der Waals surface area contributed by atoms with Gasteiger partial charge in [0.25, 0.3) is 17.5 Å². The summed E-state index contributed by atoms with van der Waals surface area (Å²) in [6.45, 7) is 27.7. The zero-order chi connectivity index (χ0) is 55.8. The largest absolute Gasteiger partial charge is 0.318 e. The van der Waals surface area contributed by atoms with Crippen molar-refractivity contribution in [3.05, 3.63) is 213 Å². The second-order valence-electron chi connectivity index (χ2n) is 23.8. The lowest BCUT2D eigenvalue weighted by molar-refractivity contribution is -1.00. The molecule has 1 atom stereocenters. The van der Waals surface area contributed by atoms with Crippen LogP contribution in [0, 0.1) is 34.0 Å². The van der Waals surface area contributed by atoms with Crippen LogP contribution in [0.25, 0.3) is 51.2 Å². The van der Waals surface area contributed by atoms with E-state index in [2.05, 4.69) is 257 Å². The van der Waals surface area contributed by atoms with Crippen LogP contribution in [0.3, 0.4) is 0 Å². The molecule has 9 heteroatoms. The predicted octanol–water partition coefficient (Wildman–Crippen LogP) is 14.6. The molecule has 0 amide bonds. The third-order valence-corrected chi connectivity index (χ3v) is 16.9. The summed E-state index contributed by atoms with van der Waals surface area (Å²) >= 11 is 0. The highest BCUT2D eigenvalue weighted by Gasteiger charge is 2.60. The third-order valence-electron chi connectivity index (χ3n) is 16.9. The first-order chi connectivity index (χ1) is 38.0. The van der Waals surface area contributed by atoms with Gasteiger partial charge in [-0.1, -0.05) is 150 Å². The number of aryl methyl sites for hydroxylation is 2. The van der Waals surface area contributed by atoms with Crippen molar-refractivity contribution >= 4 is 0 Å². The van der Waals surface area contributed by atoms with Gasteiger partial charge in [-0.25, -0.2) is 4.57 Å². The summed E-state index contributed by atoms with van der Waals surface area (Å²) in [6.07, 6.45) is 14.9.